The smallest absolute Gasteiger partial charge is 0.190 e. The van der Waals surface area contributed by atoms with E-state index in [1.165, 1.54) is 0 Å². The van der Waals surface area contributed by atoms with Crippen LogP contribution in [0.5, 0.6) is 0 Å². The number of hydrogen-bond acceptors (Lipinski definition) is 7. The molecule has 2 N–H and O–H groups in total. The first kappa shape index (κ1) is 20.6. The standard InChI is InChI=1S/C22H29NO6/c1-20-7-5-14(25)9-13(20)3-4-15-16-6-8-22(18(27)11-24,29-12-23-28)21(16,2)10-17(26)19(15)20/h5,7,9,15-17,19,24,26H,3-4,6,8,10-12H2,1-2H3/t15?,16?,17?,19?,20?,21?,22-/m0/s1. The Labute approximate surface area is 170 Å². The molecule has 7 nitrogen and oxygen atoms in total. The van der Waals surface area contributed by atoms with Crippen LogP contribution in [0, 0.1) is 33.5 Å². The molecule has 0 bridgehead atoms. The summed E-state index contributed by atoms with van der Waals surface area (Å²) < 4.78 is 5.77. The van der Waals surface area contributed by atoms with Crippen LogP contribution in [0.25, 0.3) is 0 Å². The fourth-order valence-electron chi connectivity index (χ4n) is 7.35. The maximum absolute atomic E-state index is 12.8. The summed E-state index contributed by atoms with van der Waals surface area (Å²) >= 11 is 0. The van der Waals surface area contributed by atoms with E-state index in [2.05, 4.69) is 12.1 Å². The van der Waals surface area contributed by atoms with Gasteiger partial charge in [0.1, 0.15) is 12.2 Å². The summed E-state index contributed by atoms with van der Waals surface area (Å²) in [6.45, 7) is 2.93. The van der Waals surface area contributed by atoms with Gasteiger partial charge in [0, 0.05) is 16.7 Å². The maximum atomic E-state index is 12.8. The SMILES string of the molecule is CC12C=CC(=O)C=C1CCC1C2C(O)CC2(C)C1CC[C@]2(OCN=O)C(=O)CO. The number of ketones is 2. The monoisotopic (exact) mass is 403 g/mol. The molecule has 0 heterocycles. The molecule has 4 rings (SSSR count). The Hall–Kier alpha value is -1.70. The number of ether oxygens (including phenoxy) is 1. The first-order chi connectivity index (χ1) is 13.7. The average molecular weight is 403 g/mol. The molecule has 29 heavy (non-hydrogen) atoms. The maximum Gasteiger partial charge on any atom is 0.190 e. The van der Waals surface area contributed by atoms with Crippen LogP contribution in [0.3, 0.4) is 0 Å². The van der Waals surface area contributed by atoms with Crippen LogP contribution in [0.1, 0.15) is 46.0 Å². The van der Waals surface area contributed by atoms with Crippen LogP contribution >= 0.6 is 0 Å². The Balaban J connectivity index is 1.75. The van der Waals surface area contributed by atoms with Gasteiger partial charge in [-0.15, -0.1) is 4.91 Å². The molecule has 158 valence electrons. The van der Waals surface area contributed by atoms with Crippen LogP contribution in [0.4, 0.5) is 0 Å². The van der Waals surface area contributed by atoms with Crippen LogP contribution in [-0.2, 0) is 14.3 Å². The van der Waals surface area contributed by atoms with Crippen LogP contribution < -0.4 is 0 Å². The number of rotatable bonds is 5. The van der Waals surface area contributed by atoms with E-state index in [4.69, 9.17) is 4.74 Å². The zero-order valence-electron chi connectivity index (χ0n) is 17.0. The largest absolute Gasteiger partial charge is 0.393 e. The minimum atomic E-state index is -1.30. The number of Topliss-reactive ketones (excluding diaryl/α,β-unsaturated/α-hetero) is 1. The second-order valence-electron chi connectivity index (χ2n) is 9.56. The van der Waals surface area contributed by atoms with Crippen molar-refractivity contribution in [2.24, 2.45) is 33.8 Å². The van der Waals surface area contributed by atoms with Crippen molar-refractivity contribution in [2.75, 3.05) is 13.3 Å². The van der Waals surface area contributed by atoms with E-state index in [9.17, 15) is 24.7 Å². The van der Waals surface area contributed by atoms with Crippen molar-refractivity contribution in [1.82, 2.24) is 0 Å². The van der Waals surface area contributed by atoms with Crippen molar-refractivity contribution in [2.45, 2.75) is 57.7 Å². The molecular formula is C22H29NO6. The number of allylic oxidation sites excluding steroid dienone is 4. The van der Waals surface area contributed by atoms with Gasteiger partial charge in [-0.1, -0.05) is 25.5 Å². The topological polar surface area (TPSA) is 113 Å². The highest BCUT2D eigenvalue weighted by Crippen LogP contribution is 2.67. The van der Waals surface area contributed by atoms with Gasteiger partial charge in [-0.3, -0.25) is 9.59 Å². The Morgan fingerprint density at radius 2 is 2.10 bits per heavy atom. The summed E-state index contributed by atoms with van der Waals surface area (Å²) in [5.74, 6) is -0.224. The molecule has 0 aromatic carbocycles. The molecule has 0 spiro atoms. The first-order valence-electron chi connectivity index (χ1n) is 10.4. The second kappa shape index (κ2) is 6.93. The highest BCUT2D eigenvalue weighted by atomic mass is 16.5. The lowest BCUT2D eigenvalue weighted by atomic mass is 9.46. The van der Waals surface area contributed by atoms with E-state index in [0.717, 1.165) is 24.8 Å². The van der Waals surface area contributed by atoms with E-state index < -0.39 is 36.2 Å². The molecule has 0 aromatic rings. The molecule has 3 saturated carbocycles. The van der Waals surface area contributed by atoms with Crippen LogP contribution in [0.2, 0.25) is 0 Å². The molecule has 0 aromatic heterocycles. The fraction of sp³-hybridized carbons (Fsp3) is 0.727. The predicted octanol–water partition coefficient (Wildman–Crippen LogP) is 2.31. The van der Waals surface area contributed by atoms with Gasteiger partial charge >= 0.3 is 0 Å². The summed E-state index contributed by atoms with van der Waals surface area (Å²) in [7, 11) is 0. The Bertz CT molecular complexity index is 805. The van der Waals surface area contributed by atoms with Gasteiger partial charge in [0.25, 0.3) is 0 Å². The summed E-state index contributed by atoms with van der Waals surface area (Å²) in [5.41, 5.74) is -1.30. The number of aliphatic hydroxyl groups is 2. The molecule has 7 heteroatoms. The van der Waals surface area contributed by atoms with Crippen molar-refractivity contribution in [1.29, 1.82) is 0 Å². The van der Waals surface area contributed by atoms with E-state index in [1.807, 2.05) is 13.0 Å². The minimum Gasteiger partial charge on any atom is -0.393 e. The van der Waals surface area contributed by atoms with Gasteiger partial charge in [-0.2, -0.15) is 0 Å². The van der Waals surface area contributed by atoms with Gasteiger partial charge in [-0.25, -0.2) is 0 Å². The van der Waals surface area contributed by atoms with Crippen molar-refractivity contribution in [3.63, 3.8) is 0 Å². The lowest BCUT2D eigenvalue weighted by molar-refractivity contribution is -0.192. The summed E-state index contributed by atoms with van der Waals surface area (Å²) in [5, 5.41) is 23.8. The van der Waals surface area contributed by atoms with Gasteiger partial charge in [-0.05, 0) is 61.3 Å². The number of nitrogens with zero attached hydrogens (tertiary/aromatic N) is 1. The van der Waals surface area contributed by atoms with E-state index in [0.29, 0.717) is 12.8 Å². The number of hydrogen-bond donors (Lipinski definition) is 2. The molecule has 3 fully saturated rings. The number of carbonyl (C=O) groups excluding carboxylic acids is 2. The Morgan fingerprint density at radius 3 is 2.79 bits per heavy atom. The van der Waals surface area contributed by atoms with Crippen molar-refractivity contribution in [3.05, 3.63) is 28.7 Å². The fourth-order valence-corrected chi connectivity index (χ4v) is 7.35. The third-order valence-corrected chi connectivity index (χ3v) is 8.57. The number of carbonyl (C=O) groups is 2. The number of fused-ring (bicyclic) bond motifs is 5. The van der Waals surface area contributed by atoms with E-state index in [-0.39, 0.29) is 29.0 Å². The minimum absolute atomic E-state index is 0.00532. The van der Waals surface area contributed by atoms with Gasteiger partial charge in [0.15, 0.2) is 18.3 Å². The molecule has 7 atom stereocenters. The van der Waals surface area contributed by atoms with Crippen molar-refractivity contribution >= 4 is 11.6 Å². The van der Waals surface area contributed by atoms with E-state index >= 15 is 0 Å². The quantitative estimate of drug-likeness (QED) is 0.681. The molecule has 6 unspecified atom stereocenters. The lowest BCUT2D eigenvalue weighted by Crippen LogP contribution is -2.62. The highest BCUT2D eigenvalue weighted by Gasteiger charge is 2.69. The average Bonchev–Trinajstić information content (AvgIpc) is 2.98. The molecule has 4 aliphatic carbocycles. The second-order valence-corrected chi connectivity index (χ2v) is 9.56. The Morgan fingerprint density at radius 1 is 1.34 bits per heavy atom. The predicted molar refractivity (Wildman–Crippen MR) is 105 cm³/mol. The molecule has 0 radical (unpaired) electrons. The van der Waals surface area contributed by atoms with E-state index in [1.54, 1.807) is 12.2 Å². The van der Waals surface area contributed by atoms with Crippen molar-refractivity contribution < 1.29 is 24.5 Å². The lowest BCUT2D eigenvalue weighted by Gasteiger charge is -2.60. The Kier molecular flexibility index (Phi) is 4.91. The zero-order valence-corrected chi connectivity index (χ0v) is 17.0. The first-order valence-corrected chi connectivity index (χ1v) is 10.4. The third kappa shape index (κ3) is 2.67. The molecule has 0 aliphatic heterocycles. The highest BCUT2D eigenvalue weighted by molar-refractivity contribution is 6.01. The van der Waals surface area contributed by atoms with Gasteiger partial charge in [0.05, 0.1) is 6.10 Å². The van der Waals surface area contributed by atoms with Crippen LogP contribution in [-0.4, -0.2) is 46.8 Å². The molecular weight excluding hydrogens is 374 g/mol. The number of aliphatic hydroxyl groups excluding tert-OH is 2. The molecule has 4 aliphatic rings. The van der Waals surface area contributed by atoms with Crippen LogP contribution in [0.15, 0.2) is 29.0 Å². The van der Waals surface area contributed by atoms with Crippen molar-refractivity contribution in [3.8, 4) is 0 Å². The summed E-state index contributed by atoms with van der Waals surface area (Å²) in [6, 6.07) is 0. The summed E-state index contributed by atoms with van der Waals surface area (Å²) in [6.07, 6.45) is 7.66. The molecule has 0 amide bonds. The number of nitroso groups, excluding NO2 is 1. The summed E-state index contributed by atoms with van der Waals surface area (Å²) in [4.78, 5) is 35.5. The van der Waals surface area contributed by atoms with Gasteiger partial charge in [0.2, 0.25) is 0 Å². The van der Waals surface area contributed by atoms with Gasteiger partial charge < -0.3 is 14.9 Å². The zero-order chi connectivity index (χ0) is 21.0. The normalized spacial score (nSPS) is 45.8. The molecule has 0 saturated heterocycles. The third-order valence-electron chi connectivity index (χ3n) is 8.57.